The molecule has 0 aromatic heterocycles. The molecule has 0 amide bonds. The Morgan fingerprint density at radius 2 is 2.00 bits per heavy atom. The summed E-state index contributed by atoms with van der Waals surface area (Å²) in [5.41, 5.74) is 5.45. The van der Waals surface area contributed by atoms with E-state index in [0.29, 0.717) is 5.41 Å². The Bertz CT molecular complexity index is 641. The van der Waals surface area contributed by atoms with E-state index in [4.69, 9.17) is 12.2 Å². The van der Waals surface area contributed by atoms with Crippen LogP contribution in [0.4, 0.5) is 5.69 Å². The molecule has 3 rings (SSSR count). The lowest BCUT2D eigenvalue weighted by molar-refractivity contribution is -0.00862. The highest BCUT2D eigenvalue weighted by Crippen LogP contribution is 2.57. The van der Waals surface area contributed by atoms with Gasteiger partial charge in [0.15, 0.2) is 0 Å². The lowest BCUT2D eigenvalue weighted by atomic mass is 9.53. The molecule has 1 aromatic carbocycles. The van der Waals surface area contributed by atoms with E-state index in [9.17, 15) is 0 Å². The molecule has 1 nitrogen and oxygen atoms in total. The van der Waals surface area contributed by atoms with Gasteiger partial charge in [-0.2, -0.15) is 0 Å². The minimum atomic E-state index is 0.659. The third-order valence-corrected chi connectivity index (χ3v) is 7.11. The Hall–Kier alpha value is -1.15. The van der Waals surface area contributed by atoms with Crippen molar-refractivity contribution in [2.75, 3.05) is 5.32 Å². The predicted molar refractivity (Wildman–Crippen MR) is 109 cm³/mol. The average Bonchev–Trinajstić information content (AvgIpc) is 2.51. The fourth-order valence-corrected chi connectivity index (χ4v) is 4.85. The van der Waals surface area contributed by atoms with E-state index < -0.39 is 0 Å². The van der Waals surface area contributed by atoms with Crippen molar-refractivity contribution in [2.45, 2.75) is 65.7 Å². The summed E-state index contributed by atoms with van der Waals surface area (Å²) in [6, 6.07) is 6.42. The minimum Gasteiger partial charge on any atom is -0.346 e. The van der Waals surface area contributed by atoms with Gasteiger partial charge in [0.05, 0.1) is 0 Å². The van der Waals surface area contributed by atoms with Gasteiger partial charge in [-0.3, -0.25) is 0 Å². The number of aryl methyl sites for hydroxylation is 2. The van der Waals surface area contributed by atoms with Crippen LogP contribution < -0.4 is 5.32 Å². The third-order valence-electron chi connectivity index (χ3n) is 6.72. The molecule has 2 aliphatic rings. The van der Waals surface area contributed by atoms with E-state index in [1.165, 1.54) is 49.7 Å². The van der Waals surface area contributed by atoms with Crippen LogP contribution in [-0.2, 0) is 0 Å². The van der Waals surface area contributed by atoms with Gasteiger partial charge in [0, 0.05) is 5.69 Å². The maximum absolute atomic E-state index is 5.62. The van der Waals surface area contributed by atoms with Crippen LogP contribution in [0, 0.1) is 31.1 Å². The van der Waals surface area contributed by atoms with Gasteiger partial charge in [0.1, 0.15) is 4.99 Å². The fraction of sp³-hybridized carbons (Fsp3) is 0.591. The van der Waals surface area contributed by atoms with Crippen LogP contribution in [0.25, 0.3) is 0 Å². The van der Waals surface area contributed by atoms with Gasteiger partial charge in [-0.25, -0.2) is 0 Å². The second-order valence-electron chi connectivity index (χ2n) is 8.33. The smallest absolute Gasteiger partial charge is 0.106 e. The Labute approximate surface area is 152 Å². The molecule has 24 heavy (non-hydrogen) atoms. The molecule has 2 atom stereocenters. The van der Waals surface area contributed by atoms with Crippen molar-refractivity contribution in [3.05, 3.63) is 41.5 Å². The normalized spacial score (nSPS) is 25.1. The maximum atomic E-state index is 5.62. The van der Waals surface area contributed by atoms with Gasteiger partial charge >= 0.3 is 0 Å². The second kappa shape index (κ2) is 7.00. The average molecular weight is 342 g/mol. The van der Waals surface area contributed by atoms with Crippen LogP contribution in [0.3, 0.4) is 0 Å². The molecule has 2 unspecified atom stereocenters. The molecule has 0 saturated heterocycles. The Balaban J connectivity index is 1.56. The summed E-state index contributed by atoms with van der Waals surface area (Å²) >= 11 is 5.62. The molecule has 2 fully saturated rings. The Morgan fingerprint density at radius 3 is 2.62 bits per heavy atom. The first kappa shape index (κ1) is 17.7. The zero-order chi connectivity index (χ0) is 17.3. The highest BCUT2D eigenvalue weighted by molar-refractivity contribution is 7.81. The molecule has 130 valence electrons. The standard InChI is InChI=1S/C22H31NS/c1-15-6-9-20(13-16(15)2)23-21(24)17(3)12-19-8-7-18(4)22(14-19)10-5-11-22/h6,9,13,18-19H,3,5,7-8,10-12,14H2,1-2,4H3,(H,23,24). The predicted octanol–water partition coefficient (Wildman–Crippen LogP) is 6.60. The van der Waals surface area contributed by atoms with Crippen LogP contribution in [0.2, 0.25) is 0 Å². The van der Waals surface area contributed by atoms with E-state index in [1.807, 2.05) is 0 Å². The topological polar surface area (TPSA) is 12.0 Å². The van der Waals surface area contributed by atoms with Gasteiger partial charge < -0.3 is 5.32 Å². The van der Waals surface area contributed by atoms with E-state index in [2.05, 4.69) is 50.9 Å². The number of hydrogen-bond donors (Lipinski definition) is 1. The zero-order valence-corrected chi connectivity index (χ0v) is 16.3. The third kappa shape index (κ3) is 3.59. The molecule has 1 N–H and O–H groups in total. The summed E-state index contributed by atoms with van der Waals surface area (Å²) < 4.78 is 0. The maximum Gasteiger partial charge on any atom is 0.106 e. The number of rotatable bonds is 4. The Kier molecular flexibility index (Phi) is 5.15. The van der Waals surface area contributed by atoms with Gasteiger partial charge in [-0.15, -0.1) is 0 Å². The molecule has 0 radical (unpaired) electrons. The van der Waals surface area contributed by atoms with Crippen molar-refractivity contribution in [1.82, 2.24) is 0 Å². The van der Waals surface area contributed by atoms with Gasteiger partial charge in [-0.1, -0.05) is 38.2 Å². The van der Waals surface area contributed by atoms with Crippen molar-refractivity contribution in [3.8, 4) is 0 Å². The van der Waals surface area contributed by atoms with Crippen LogP contribution in [0.15, 0.2) is 30.4 Å². The fourth-order valence-electron chi connectivity index (χ4n) is 4.65. The quantitative estimate of drug-likeness (QED) is 0.489. The van der Waals surface area contributed by atoms with Crippen LogP contribution >= 0.6 is 12.2 Å². The molecule has 2 saturated carbocycles. The van der Waals surface area contributed by atoms with Gasteiger partial charge in [-0.05, 0) is 98.5 Å². The van der Waals surface area contributed by atoms with Crippen molar-refractivity contribution < 1.29 is 0 Å². The summed E-state index contributed by atoms with van der Waals surface area (Å²) in [5.74, 6) is 1.69. The number of benzene rings is 1. The van der Waals surface area contributed by atoms with Crippen molar-refractivity contribution >= 4 is 22.9 Å². The lowest BCUT2D eigenvalue weighted by Gasteiger charge is -2.52. The van der Waals surface area contributed by atoms with Crippen molar-refractivity contribution in [2.24, 2.45) is 17.3 Å². The summed E-state index contributed by atoms with van der Waals surface area (Å²) in [6.45, 7) is 11.0. The van der Waals surface area contributed by atoms with Crippen LogP contribution in [-0.4, -0.2) is 4.99 Å². The summed E-state index contributed by atoms with van der Waals surface area (Å²) in [4.78, 5) is 0.819. The molecule has 0 heterocycles. The van der Waals surface area contributed by atoms with Crippen LogP contribution in [0.5, 0.6) is 0 Å². The van der Waals surface area contributed by atoms with Crippen molar-refractivity contribution in [1.29, 1.82) is 0 Å². The number of nitrogens with one attached hydrogen (secondary N) is 1. The first-order chi connectivity index (χ1) is 11.4. The monoisotopic (exact) mass is 341 g/mol. The molecule has 2 aliphatic carbocycles. The summed E-state index contributed by atoms with van der Waals surface area (Å²) in [7, 11) is 0. The first-order valence-electron chi connectivity index (χ1n) is 9.46. The van der Waals surface area contributed by atoms with E-state index >= 15 is 0 Å². The molecule has 1 aromatic rings. The minimum absolute atomic E-state index is 0.659. The second-order valence-corrected chi connectivity index (χ2v) is 8.73. The largest absolute Gasteiger partial charge is 0.346 e. The number of thiocarbonyl (C=S) groups is 1. The first-order valence-corrected chi connectivity index (χ1v) is 9.87. The van der Waals surface area contributed by atoms with E-state index in [1.54, 1.807) is 0 Å². The summed E-state index contributed by atoms with van der Waals surface area (Å²) in [5, 5.41) is 3.39. The van der Waals surface area contributed by atoms with Gasteiger partial charge in [0.2, 0.25) is 0 Å². The van der Waals surface area contributed by atoms with E-state index in [-0.39, 0.29) is 0 Å². The molecule has 0 bridgehead atoms. The summed E-state index contributed by atoms with van der Waals surface area (Å²) in [6.07, 6.45) is 9.50. The van der Waals surface area contributed by atoms with Gasteiger partial charge in [0.25, 0.3) is 0 Å². The Morgan fingerprint density at radius 1 is 1.25 bits per heavy atom. The number of hydrogen-bond acceptors (Lipinski definition) is 1. The van der Waals surface area contributed by atoms with Crippen LogP contribution in [0.1, 0.15) is 63.0 Å². The zero-order valence-electron chi connectivity index (χ0n) is 15.5. The van der Waals surface area contributed by atoms with E-state index in [0.717, 1.165) is 34.5 Å². The van der Waals surface area contributed by atoms with Crippen molar-refractivity contribution in [3.63, 3.8) is 0 Å². The molecular formula is C22H31NS. The number of anilines is 1. The SMILES string of the molecule is C=C(CC1CCC(C)C2(CCC2)C1)C(=S)Nc1ccc(C)c(C)c1. The molecule has 2 heteroatoms. The lowest BCUT2D eigenvalue weighted by Crippen LogP contribution is -2.41. The molecule has 0 aliphatic heterocycles. The highest BCUT2D eigenvalue weighted by Gasteiger charge is 2.45. The molecular weight excluding hydrogens is 310 g/mol. The highest BCUT2D eigenvalue weighted by atomic mass is 32.1. The molecule has 1 spiro atoms.